The number of nitrogen functional groups attached to an aromatic ring is 1. The van der Waals surface area contributed by atoms with Crippen molar-refractivity contribution in [3.8, 4) is 5.75 Å². The quantitative estimate of drug-likeness (QED) is 0.786. The summed E-state index contributed by atoms with van der Waals surface area (Å²) in [6.07, 6.45) is 0. The number of anilines is 1. The molecule has 1 aromatic carbocycles. The van der Waals surface area contributed by atoms with Crippen molar-refractivity contribution in [2.45, 2.75) is 6.54 Å². The lowest BCUT2D eigenvalue weighted by Gasteiger charge is -2.21. The third kappa shape index (κ3) is 3.29. The monoisotopic (exact) mass is 292 g/mol. The Balaban J connectivity index is 2.23. The van der Waals surface area contributed by atoms with Crippen molar-refractivity contribution in [3.05, 3.63) is 35.5 Å². The van der Waals surface area contributed by atoms with Gasteiger partial charge in [-0.2, -0.15) is 0 Å². The molecular weight excluding hydrogens is 276 g/mol. The van der Waals surface area contributed by atoms with E-state index in [0.29, 0.717) is 5.75 Å². The van der Waals surface area contributed by atoms with E-state index >= 15 is 0 Å². The molecule has 3 N–H and O–H groups in total. The lowest BCUT2D eigenvalue weighted by Crippen LogP contribution is -2.33. The maximum absolute atomic E-state index is 12.4. The standard InChI is InChI=1S/C13H16N4O4/c1-20-10-5-3-2-4-9(10)8-17(6-7-18)13(19)11-12(14)16-21-15-11/h2-5,18H,6-8H2,1H3,(H2,14,16). The number of hydrogen-bond acceptors (Lipinski definition) is 7. The van der Waals surface area contributed by atoms with Crippen LogP contribution in [0, 0.1) is 0 Å². The summed E-state index contributed by atoms with van der Waals surface area (Å²) in [6, 6.07) is 7.30. The van der Waals surface area contributed by atoms with Gasteiger partial charge < -0.3 is 20.5 Å². The molecule has 0 unspecified atom stereocenters. The SMILES string of the molecule is COc1ccccc1CN(CCO)C(=O)c1nonc1N. The van der Waals surface area contributed by atoms with Gasteiger partial charge in [-0.1, -0.05) is 18.2 Å². The fraction of sp³-hybridized carbons (Fsp3) is 0.308. The van der Waals surface area contributed by atoms with Crippen molar-refractivity contribution in [1.82, 2.24) is 15.2 Å². The number of nitrogens with zero attached hydrogens (tertiary/aromatic N) is 3. The maximum atomic E-state index is 12.4. The van der Waals surface area contributed by atoms with Gasteiger partial charge in [0.15, 0.2) is 0 Å². The number of rotatable bonds is 6. The minimum atomic E-state index is -0.464. The molecule has 2 aromatic rings. The molecule has 0 aliphatic heterocycles. The summed E-state index contributed by atoms with van der Waals surface area (Å²) in [5.41, 5.74) is 6.25. The second kappa shape index (κ2) is 6.71. The van der Waals surface area contributed by atoms with Crippen LogP contribution in [0.1, 0.15) is 16.1 Å². The van der Waals surface area contributed by atoms with Gasteiger partial charge in [-0.05, 0) is 16.4 Å². The van der Waals surface area contributed by atoms with Crippen LogP contribution < -0.4 is 10.5 Å². The Morgan fingerprint density at radius 3 is 2.81 bits per heavy atom. The van der Waals surface area contributed by atoms with Gasteiger partial charge in [-0.15, -0.1) is 0 Å². The molecule has 1 aromatic heterocycles. The minimum absolute atomic E-state index is 0.0710. The number of benzene rings is 1. The normalized spacial score (nSPS) is 10.4. The van der Waals surface area contributed by atoms with Gasteiger partial charge in [0.05, 0.1) is 13.7 Å². The summed E-state index contributed by atoms with van der Waals surface area (Å²) >= 11 is 0. The predicted octanol–water partition coefficient (Wildman–Crippen LogP) is 0.295. The third-order valence-corrected chi connectivity index (χ3v) is 2.93. The molecule has 0 spiro atoms. The van der Waals surface area contributed by atoms with Gasteiger partial charge in [0, 0.05) is 18.7 Å². The number of ether oxygens (including phenoxy) is 1. The largest absolute Gasteiger partial charge is 0.496 e. The van der Waals surface area contributed by atoms with E-state index in [1.165, 1.54) is 4.90 Å². The Bertz CT molecular complexity index is 614. The lowest BCUT2D eigenvalue weighted by atomic mass is 10.2. The van der Waals surface area contributed by atoms with E-state index in [2.05, 4.69) is 14.9 Å². The molecule has 2 rings (SSSR count). The Hall–Kier alpha value is -2.61. The van der Waals surface area contributed by atoms with E-state index < -0.39 is 5.91 Å². The first kappa shape index (κ1) is 14.8. The molecule has 8 heteroatoms. The number of methoxy groups -OCH3 is 1. The molecule has 21 heavy (non-hydrogen) atoms. The summed E-state index contributed by atoms with van der Waals surface area (Å²) in [4.78, 5) is 13.7. The van der Waals surface area contributed by atoms with Gasteiger partial charge in [0.2, 0.25) is 11.5 Å². The number of hydrogen-bond donors (Lipinski definition) is 2. The Morgan fingerprint density at radius 1 is 1.43 bits per heavy atom. The van der Waals surface area contributed by atoms with Crippen molar-refractivity contribution in [2.24, 2.45) is 0 Å². The molecule has 0 aliphatic rings. The van der Waals surface area contributed by atoms with Gasteiger partial charge >= 0.3 is 0 Å². The van der Waals surface area contributed by atoms with Crippen LogP contribution in [0.2, 0.25) is 0 Å². The molecule has 8 nitrogen and oxygen atoms in total. The number of aliphatic hydroxyl groups excluding tert-OH is 1. The van der Waals surface area contributed by atoms with E-state index in [9.17, 15) is 4.79 Å². The van der Waals surface area contributed by atoms with Crippen molar-refractivity contribution < 1.29 is 19.3 Å². The highest BCUT2D eigenvalue weighted by atomic mass is 16.6. The molecule has 0 saturated carbocycles. The molecule has 112 valence electrons. The van der Waals surface area contributed by atoms with Gasteiger partial charge in [-0.25, -0.2) is 4.63 Å². The lowest BCUT2D eigenvalue weighted by molar-refractivity contribution is 0.0696. The average Bonchev–Trinajstić information content (AvgIpc) is 2.92. The first-order chi connectivity index (χ1) is 10.2. The summed E-state index contributed by atoms with van der Waals surface area (Å²) in [5.74, 6) is 0.108. The van der Waals surface area contributed by atoms with Crippen LogP contribution in [0.3, 0.4) is 0 Å². The van der Waals surface area contributed by atoms with E-state index in [-0.39, 0.29) is 31.2 Å². The Labute approximate surface area is 121 Å². The smallest absolute Gasteiger partial charge is 0.280 e. The zero-order valence-corrected chi connectivity index (χ0v) is 11.5. The number of carbonyl (C=O) groups is 1. The Morgan fingerprint density at radius 2 is 2.19 bits per heavy atom. The maximum Gasteiger partial charge on any atom is 0.280 e. The number of nitrogens with two attached hydrogens (primary N) is 1. The highest BCUT2D eigenvalue weighted by Gasteiger charge is 2.23. The van der Waals surface area contributed by atoms with E-state index in [1.54, 1.807) is 13.2 Å². The molecule has 0 atom stereocenters. The summed E-state index contributed by atoms with van der Waals surface area (Å²) < 4.78 is 9.68. The molecule has 0 saturated heterocycles. The topological polar surface area (TPSA) is 115 Å². The summed E-state index contributed by atoms with van der Waals surface area (Å²) in [6.45, 7) is 0.185. The molecule has 0 aliphatic carbocycles. The fourth-order valence-electron chi connectivity index (χ4n) is 1.91. The number of amides is 1. The highest BCUT2D eigenvalue weighted by molar-refractivity contribution is 5.96. The summed E-state index contributed by atoms with van der Waals surface area (Å²) in [5, 5.41) is 16.0. The molecule has 1 heterocycles. The van der Waals surface area contributed by atoms with E-state index in [4.69, 9.17) is 15.6 Å². The van der Waals surface area contributed by atoms with Crippen LogP contribution in [0.15, 0.2) is 28.9 Å². The second-order valence-corrected chi connectivity index (χ2v) is 4.26. The third-order valence-electron chi connectivity index (χ3n) is 2.93. The number of aromatic nitrogens is 2. The zero-order valence-electron chi connectivity index (χ0n) is 11.5. The van der Waals surface area contributed by atoms with Gasteiger partial charge in [0.1, 0.15) is 5.75 Å². The van der Waals surface area contributed by atoms with Crippen molar-refractivity contribution in [1.29, 1.82) is 0 Å². The number of para-hydroxylation sites is 1. The van der Waals surface area contributed by atoms with Gasteiger partial charge in [0.25, 0.3) is 5.91 Å². The first-order valence-corrected chi connectivity index (χ1v) is 6.27. The minimum Gasteiger partial charge on any atom is -0.496 e. The van der Waals surface area contributed by atoms with Crippen LogP contribution in [-0.2, 0) is 6.54 Å². The van der Waals surface area contributed by atoms with Crippen LogP contribution in [-0.4, -0.2) is 46.5 Å². The zero-order chi connectivity index (χ0) is 15.2. The summed E-state index contributed by atoms with van der Waals surface area (Å²) in [7, 11) is 1.55. The van der Waals surface area contributed by atoms with Crippen molar-refractivity contribution >= 4 is 11.7 Å². The molecule has 0 fully saturated rings. The van der Waals surface area contributed by atoms with Gasteiger partial charge in [-0.3, -0.25) is 4.79 Å². The average molecular weight is 292 g/mol. The van der Waals surface area contributed by atoms with Crippen LogP contribution in [0.25, 0.3) is 0 Å². The van der Waals surface area contributed by atoms with E-state index in [1.807, 2.05) is 18.2 Å². The molecule has 0 radical (unpaired) electrons. The second-order valence-electron chi connectivity index (χ2n) is 4.26. The van der Waals surface area contributed by atoms with Crippen LogP contribution >= 0.6 is 0 Å². The van der Waals surface area contributed by atoms with Crippen LogP contribution in [0.4, 0.5) is 5.82 Å². The predicted molar refractivity (Wildman–Crippen MR) is 73.5 cm³/mol. The van der Waals surface area contributed by atoms with E-state index in [0.717, 1.165) is 5.56 Å². The molecule has 0 bridgehead atoms. The van der Waals surface area contributed by atoms with Crippen LogP contribution in [0.5, 0.6) is 5.75 Å². The number of carbonyl (C=O) groups excluding carboxylic acids is 1. The van der Waals surface area contributed by atoms with Crippen molar-refractivity contribution in [3.63, 3.8) is 0 Å². The highest BCUT2D eigenvalue weighted by Crippen LogP contribution is 2.20. The Kier molecular flexibility index (Phi) is 4.72. The molecule has 1 amide bonds. The number of aliphatic hydroxyl groups is 1. The van der Waals surface area contributed by atoms with Crippen molar-refractivity contribution in [2.75, 3.05) is 26.0 Å². The first-order valence-electron chi connectivity index (χ1n) is 6.27. The fourth-order valence-corrected chi connectivity index (χ4v) is 1.91. The molecular formula is C13H16N4O4.